The SMILES string of the molecule is CC(=O)O[C@H]1CC[C@]2(C)[C@H]3[C@H](OC(C)=O)C=C4[C@@H]5[C@@H](C)[C@H](C)CC[C@]5(C)CC[C@@]4(C)[C@]3(C)CC[C@H]2C1(C)C. The summed E-state index contributed by atoms with van der Waals surface area (Å²) in [6, 6.07) is 0. The van der Waals surface area contributed by atoms with Crippen LogP contribution in [0, 0.1) is 56.7 Å². The molecule has 0 bridgehead atoms. The van der Waals surface area contributed by atoms with Crippen LogP contribution in [0.25, 0.3) is 0 Å². The molecule has 5 rings (SSSR count). The van der Waals surface area contributed by atoms with Crippen LogP contribution in [-0.4, -0.2) is 24.1 Å². The molecule has 0 radical (unpaired) electrons. The van der Waals surface area contributed by atoms with Gasteiger partial charge >= 0.3 is 11.9 Å². The van der Waals surface area contributed by atoms with Crippen molar-refractivity contribution in [2.45, 2.75) is 133 Å². The Kier molecular flexibility index (Phi) is 6.56. The fourth-order valence-electron chi connectivity index (χ4n) is 11.6. The smallest absolute Gasteiger partial charge is 0.303 e. The van der Waals surface area contributed by atoms with Crippen molar-refractivity contribution < 1.29 is 19.1 Å². The third-order valence-corrected chi connectivity index (χ3v) is 13.9. The van der Waals surface area contributed by atoms with Gasteiger partial charge in [0.2, 0.25) is 0 Å². The summed E-state index contributed by atoms with van der Waals surface area (Å²) in [5.41, 5.74) is 2.00. The summed E-state index contributed by atoms with van der Waals surface area (Å²) >= 11 is 0. The summed E-state index contributed by atoms with van der Waals surface area (Å²) in [5.74, 6) is 2.24. The Balaban J connectivity index is 1.65. The second-order valence-corrected chi connectivity index (χ2v) is 16.0. The van der Waals surface area contributed by atoms with Crippen LogP contribution in [0.2, 0.25) is 0 Å². The van der Waals surface area contributed by atoms with E-state index in [9.17, 15) is 9.59 Å². The number of ether oxygens (including phenoxy) is 2. The Morgan fingerprint density at radius 1 is 0.816 bits per heavy atom. The Hall–Kier alpha value is -1.32. The molecule has 5 aliphatic rings. The molecule has 0 aromatic rings. The topological polar surface area (TPSA) is 52.6 Å². The molecule has 38 heavy (non-hydrogen) atoms. The van der Waals surface area contributed by atoms with E-state index in [0.717, 1.165) is 31.6 Å². The van der Waals surface area contributed by atoms with Crippen molar-refractivity contribution in [1.82, 2.24) is 0 Å². The highest BCUT2D eigenvalue weighted by molar-refractivity contribution is 5.67. The van der Waals surface area contributed by atoms with Crippen molar-refractivity contribution in [3.63, 3.8) is 0 Å². The first-order chi connectivity index (χ1) is 17.5. The maximum absolute atomic E-state index is 12.6. The van der Waals surface area contributed by atoms with E-state index in [4.69, 9.17) is 9.47 Å². The number of esters is 2. The first-order valence-corrected chi connectivity index (χ1v) is 15.6. The largest absolute Gasteiger partial charge is 0.462 e. The lowest BCUT2D eigenvalue weighted by molar-refractivity contribution is -0.234. The summed E-state index contributed by atoms with van der Waals surface area (Å²) in [7, 11) is 0. The third-order valence-electron chi connectivity index (χ3n) is 13.9. The normalized spacial score (nSPS) is 51.3. The molecule has 5 aliphatic carbocycles. The molecule has 0 saturated heterocycles. The van der Waals surface area contributed by atoms with E-state index in [1.54, 1.807) is 12.5 Å². The maximum atomic E-state index is 12.6. The highest BCUT2D eigenvalue weighted by Gasteiger charge is 2.70. The van der Waals surface area contributed by atoms with Crippen LogP contribution in [0.5, 0.6) is 0 Å². The highest BCUT2D eigenvalue weighted by atomic mass is 16.5. The highest BCUT2D eigenvalue weighted by Crippen LogP contribution is 2.76. The van der Waals surface area contributed by atoms with Gasteiger partial charge in [-0.2, -0.15) is 0 Å². The quantitative estimate of drug-likeness (QED) is 0.269. The van der Waals surface area contributed by atoms with Gasteiger partial charge in [0.05, 0.1) is 0 Å². The van der Waals surface area contributed by atoms with Gasteiger partial charge in [-0.05, 0) is 103 Å². The molecule has 4 nitrogen and oxygen atoms in total. The van der Waals surface area contributed by atoms with E-state index in [1.165, 1.54) is 32.6 Å². The van der Waals surface area contributed by atoms with Crippen molar-refractivity contribution in [3.8, 4) is 0 Å². The van der Waals surface area contributed by atoms with Gasteiger partial charge in [0.1, 0.15) is 12.2 Å². The molecule has 0 heterocycles. The maximum Gasteiger partial charge on any atom is 0.303 e. The Bertz CT molecular complexity index is 1030. The van der Waals surface area contributed by atoms with Gasteiger partial charge in [-0.25, -0.2) is 0 Å². The molecule has 0 aliphatic heterocycles. The van der Waals surface area contributed by atoms with E-state index in [0.29, 0.717) is 23.2 Å². The average Bonchev–Trinajstić information content (AvgIpc) is 2.79. The van der Waals surface area contributed by atoms with Crippen molar-refractivity contribution in [2.24, 2.45) is 56.7 Å². The van der Waals surface area contributed by atoms with E-state index >= 15 is 0 Å². The van der Waals surface area contributed by atoms with Gasteiger partial charge in [0.15, 0.2) is 0 Å². The molecule has 4 fully saturated rings. The summed E-state index contributed by atoms with van der Waals surface area (Å²) < 4.78 is 12.3. The van der Waals surface area contributed by atoms with Crippen LogP contribution in [-0.2, 0) is 19.1 Å². The van der Waals surface area contributed by atoms with Crippen LogP contribution >= 0.6 is 0 Å². The molecule has 0 unspecified atom stereocenters. The molecule has 0 aromatic heterocycles. The monoisotopic (exact) mass is 526 g/mol. The van der Waals surface area contributed by atoms with Crippen LogP contribution in [0.15, 0.2) is 11.6 Å². The van der Waals surface area contributed by atoms with Crippen LogP contribution in [0.4, 0.5) is 0 Å². The number of allylic oxidation sites excluding steroid dienone is 1. The molecule has 0 spiro atoms. The van der Waals surface area contributed by atoms with E-state index in [-0.39, 0.29) is 51.7 Å². The number of hydrogen-bond donors (Lipinski definition) is 0. The zero-order valence-corrected chi connectivity index (χ0v) is 25.9. The summed E-state index contributed by atoms with van der Waals surface area (Å²) in [6.45, 7) is 22.9. The van der Waals surface area contributed by atoms with Crippen LogP contribution in [0.3, 0.4) is 0 Å². The second kappa shape index (κ2) is 8.84. The second-order valence-electron chi connectivity index (χ2n) is 16.0. The standard InChI is InChI=1S/C34H54O4/c1-20-11-14-31(7)17-18-33(9)24(28(31)21(20)2)19-25(37-22(3)35)29-32(8)15-13-27(38-23(4)36)30(5,6)26(32)12-16-34(29,33)10/h19-21,25-29H,11-18H2,1-10H3/t20-,21+,25-,26+,27+,28+,29-,31-,32+,33-,34-/m1/s1. The molecular formula is C34H54O4. The van der Waals surface area contributed by atoms with Crippen molar-refractivity contribution in [2.75, 3.05) is 0 Å². The molecule has 0 aromatic carbocycles. The number of rotatable bonds is 2. The number of carbonyl (C=O) groups is 2. The fourth-order valence-corrected chi connectivity index (χ4v) is 11.6. The van der Waals surface area contributed by atoms with Gasteiger partial charge < -0.3 is 9.47 Å². The lowest BCUT2D eigenvalue weighted by Gasteiger charge is -2.72. The average molecular weight is 527 g/mol. The van der Waals surface area contributed by atoms with Gasteiger partial charge in [-0.3, -0.25) is 9.59 Å². The first kappa shape index (κ1) is 28.2. The van der Waals surface area contributed by atoms with Gasteiger partial charge in [0.25, 0.3) is 0 Å². The minimum atomic E-state index is -0.193. The molecule has 4 heteroatoms. The van der Waals surface area contributed by atoms with E-state index in [2.05, 4.69) is 61.5 Å². The molecule has 214 valence electrons. The predicted octanol–water partition coefficient (Wildman–Crippen LogP) is 8.14. The first-order valence-electron chi connectivity index (χ1n) is 15.6. The third kappa shape index (κ3) is 3.73. The lowest BCUT2D eigenvalue weighted by atomic mass is 9.33. The number of carbonyl (C=O) groups excluding carboxylic acids is 2. The zero-order chi connectivity index (χ0) is 28.1. The van der Waals surface area contributed by atoms with Crippen LogP contribution in [0.1, 0.15) is 121 Å². The van der Waals surface area contributed by atoms with Crippen molar-refractivity contribution >= 4 is 11.9 Å². The summed E-state index contributed by atoms with van der Waals surface area (Å²) in [4.78, 5) is 24.6. The van der Waals surface area contributed by atoms with Crippen molar-refractivity contribution in [1.29, 1.82) is 0 Å². The minimum Gasteiger partial charge on any atom is -0.462 e. The van der Waals surface area contributed by atoms with Gasteiger partial charge in [-0.1, -0.05) is 61.0 Å². The van der Waals surface area contributed by atoms with E-state index in [1.807, 2.05) is 0 Å². The van der Waals surface area contributed by atoms with Gasteiger partial charge in [0, 0.05) is 25.2 Å². The molecule has 11 atom stereocenters. The predicted molar refractivity (Wildman–Crippen MR) is 151 cm³/mol. The summed E-state index contributed by atoms with van der Waals surface area (Å²) in [6.07, 6.45) is 11.5. The zero-order valence-electron chi connectivity index (χ0n) is 25.9. The van der Waals surface area contributed by atoms with E-state index < -0.39 is 0 Å². The molecular weight excluding hydrogens is 472 g/mol. The van der Waals surface area contributed by atoms with Crippen LogP contribution < -0.4 is 0 Å². The Morgan fingerprint density at radius 3 is 2.11 bits per heavy atom. The van der Waals surface area contributed by atoms with Gasteiger partial charge in [-0.15, -0.1) is 0 Å². The minimum absolute atomic E-state index is 0.00449. The Labute approximate surface area is 232 Å². The fraction of sp³-hybridized carbons (Fsp3) is 0.882. The molecule has 0 amide bonds. The Morgan fingerprint density at radius 2 is 1.47 bits per heavy atom. The lowest BCUT2D eigenvalue weighted by Crippen LogP contribution is -2.68. The van der Waals surface area contributed by atoms with Crippen molar-refractivity contribution in [3.05, 3.63) is 11.6 Å². The summed E-state index contributed by atoms with van der Waals surface area (Å²) in [5, 5.41) is 0. The number of fused-ring (bicyclic) bond motifs is 7. The molecule has 0 N–H and O–H groups in total. The number of hydrogen-bond acceptors (Lipinski definition) is 4. The molecule has 4 saturated carbocycles.